The molecule has 2 amide bonds. The SMILES string of the molecule is CCOC(=O)C1=C(CN2CCC[C@@H]2c2ccc3c(c2)OCCCO3)NC(=O)N[C@@H]1C. The lowest BCUT2D eigenvalue weighted by Crippen LogP contribution is -2.51. The number of benzene rings is 1. The van der Waals surface area contributed by atoms with Gasteiger partial charge in [0.1, 0.15) is 0 Å². The maximum atomic E-state index is 12.5. The summed E-state index contributed by atoms with van der Waals surface area (Å²) in [6.45, 7) is 6.55. The van der Waals surface area contributed by atoms with E-state index < -0.39 is 6.04 Å². The van der Waals surface area contributed by atoms with E-state index in [1.165, 1.54) is 0 Å². The molecule has 2 N–H and O–H groups in total. The van der Waals surface area contributed by atoms with Gasteiger partial charge in [-0.3, -0.25) is 4.90 Å². The quantitative estimate of drug-likeness (QED) is 0.719. The summed E-state index contributed by atoms with van der Waals surface area (Å²) >= 11 is 0. The number of likely N-dealkylation sites (tertiary alicyclic amines) is 1. The topological polar surface area (TPSA) is 89.1 Å². The van der Waals surface area contributed by atoms with Gasteiger partial charge in [0.2, 0.25) is 0 Å². The van der Waals surface area contributed by atoms with Crippen molar-refractivity contribution in [2.45, 2.75) is 45.2 Å². The van der Waals surface area contributed by atoms with Crippen LogP contribution in [0.1, 0.15) is 44.7 Å². The largest absolute Gasteiger partial charge is 0.490 e. The number of carbonyl (C=O) groups is 2. The molecule has 3 heterocycles. The van der Waals surface area contributed by atoms with Crippen molar-refractivity contribution >= 4 is 12.0 Å². The summed E-state index contributed by atoms with van der Waals surface area (Å²) in [7, 11) is 0. The number of nitrogens with zero attached hydrogens (tertiary/aromatic N) is 1. The van der Waals surface area contributed by atoms with Gasteiger partial charge in [0.25, 0.3) is 0 Å². The molecule has 0 aromatic heterocycles. The van der Waals surface area contributed by atoms with E-state index in [0.29, 0.717) is 37.6 Å². The highest BCUT2D eigenvalue weighted by atomic mass is 16.5. The van der Waals surface area contributed by atoms with E-state index in [4.69, 9.17) is 14.2 Å². The zero-order valence-electron chi connectivity index (χ0n) is 17.5. The lowest BCUT2D eigenvalue weighted by atomic mass is 10.0. The number of esters is 1. The van der Waals surface area contributed by atoms with Crippen LogP contribution in [0.4, 0.5) is 4.79 Å². The average molecular weight is 415 g/mol. The Labute approximate surface area is 176 Å². The third kappa shape index (κ3) is 4.23. The number of amides is 2. The molecule has 1 saturated heterocycles. The van der Waals surface area contributed by atoms with Gasteiger partial charge in [-0.1, -0.05) is 6.07 Å². The molecule has 0 aliphatic carbocycles. The van der Waals surface area contributed by atoms with Gasteiger partial charge in [0.05, 0.1) is 31.4 Å². The molecule has 162 valence electrons. The van der Waals surface area contributed by atoms with Crippen LogP contribution >= 0.6 is 0 Å². The Bertz CT molecular complexity index is 853. The first kappa shape index (κ1) is 20.5. The zero-order chi connectivity index (χ0) is 21.1. The van der Waals surface area contributed by atoms with Gasteiger partial charge in [-0.15, -0.1) is 0 Å². The number of hydrogen-bond donors (Lipinski definition) is 2. The Hall–Kier alpha value is -2.74. The van der Waals surface area contributed by atoms with Crippen molar-refractivity contribution in [2.24, 2.45) is 0 Å². The minimum absolute atomic E-state index is 0.181. The van der Waals surface area contributed by atoms with Gasteiger partial charge in [0.15, 0.2) is 11.5 Å². The third-order valence-electron chi connectivity index (χ3n) is 5.75. The Morgan fingerprint density at radius 1 is 1.23 bits per heavy atom. The van der Waals surface area contributed by atoms with Crippen molar-refractivity contribution in [2.75, 3.05) is 32.9 Å². The van der Waals surface area contributed by atoms with Crippen LogP contribution in [0.2, 0.25) is 0 Å². The van der Waals surface area contributed by atoms with Gasteiger partial charge < -0.3 is 24.8 Å². The second-order valence-electron chi connectivity index (χ2n) is 7.82. The molecule has 3 aliphatic heterocycles. The summed E-state index contributed by atoms with van der Waals surface area (Å²) in [4.78, 5) is 26.9. The summed E-state index contributed by atoms with van der Waals surface area (Å²) in [5.74, 6) is 1.18. The van der Waals surface area contributed by atoms with Crippen molar-refractivity contribution in [1.82, 2.24) is 15.5 Å². The molecule has 1 aromatic rings. The molecule has 0 saturated carbocycles. The number of urea groups is 1. The van der Waals surface area contributed by atoms with Crippen LogP contribution in [-0.2, 0) is 9.53 Å². The molecule has 8 heteroatoms. The Morgan fingerprint density at radius 3 is 2.83 bits per heavy atom. The molecular formula is C22H29N3O5. The van der Waals surface area contributed by atoms with Crippen LogP contribution in [-0.4, -0.2) is 55.9 Å². The monoisotopic (exact) mass is 415 g/mol. The summed E-state index contributed by atoms with van der Waals surface area (Å²) in [5, 5.41) is 5.58. The first-order valence-corrected chi connectivity index (χ1v) is 10.7. The maximum Gasteiger partial charge on any atom is 0.337 e. The van der Waals surface area contributed by atoms with Crippen LogP contribution in [0, 0.1) is 0 Å². The second-order valence-corrected chi connectivity index (χ2v) is 7.82. The predicted molar refractivity (Wildman–Crippen MR) is 110 cm³/mol. The standard InChI is InChI=1S/C22H29N3O5/c1-3-28-21(26)20-14(2)23-22(27)24-16(20)13-25-9-4-6-17(25)15-7-8-18-19(12-15)30-11-5-10-29-18/h7-8,12,14,17H,3-6,9-11,13H2,1-2H3,(H2,23,24,27)/t14-,17-/m1/s1. The summed E-state index contributed by atoms with van der Waals surface area (Å²) in [6, 6.07) is 5.61. The molecule has 1 aromatic carbocycles. The number of nitrogens with one attached hydrogen (secondary N) is 2. The van der Waals surface area contributed by atoms with E-state index in [2.05, 4.69) is 27.7 Å². The van der Waals surface area contributed by atoms with E-state index in [0.717, 1.165) is 42.9 Å². The van der Waals surface area contributed by atoms with Crippen molar-refractivity contribution < 1.29 is 23.8 Å². The number of fused-ring (bicyclic) bond motifs is 1. The summed E-state index contributed by atoms with van der Waals surface area (Å²) in [5.41, 5.74) is 2.26. The maximum absolute atomic E-state index is 12.5. The summed E-state index contributed by atoms with van der Waals surface area (Å²) < 4.78 is 16.8. The fraction of sp³-hybridized carbons (Fsp3) is 0.545. The molecule has 1 fully saturated rings. The molecule has 2 atom stereocenters. The predicted octanol–water partition coefficient (Wildman–Crippen LogP) is 2.50. The highest BCUT2D eigenvalue weighted by Gasteiger charge is 2.34. The Kier molecular flexibility index (Phi) is 6.13. The molecule has 4 rings (SSSR count). The third-order valence-corrected chi connectivity index (χ3v) is 5.75. The lowest BCUT2D eigenvalue weighted by Gasteiger charge is -2.31. The second kappa shape index (κ2) is 8.95. The van der Waals surface area contributed by atoms with Gasteiger partial charge in [-0.05, 0) is 50.9 Å². The smallest absolute Gasteiger partial charge is 0.337 e. The van der Waals surface area contributed by atoms with Gasteiger partial charge in [0, 0.05) is 24.7 Å². The minimum Gasteiger partial charge on any atom is -0.490 e. The van der Waals surface area contributed by atoms with Crippen LogP contribution in [0.3, 0.4) is 0 Å². The fourth-order valence-electron chi connectivity index (χ4n) is 4.39. The molecule has 8 nitrogen and oxygen atoms in total. The molecule has 30 heavy (non-hydrogen) atoms. The van der Waals surface area contributed by atoms with Crippen molar-refractivity contribution in [3.05, 3.63) is 35.0 Å². The van der Waals surface area contributed by atoms with E-state index >= 15 is 0 Å². The minimum atomic E-state index is -0.396. The Balaban J connectivity index is 1.58. The molecule has 0 spiro atoms. The molecule has 0 unspecified atom stereocenters. The van der Waals surface area contributed by atoms with Gasteiger partial charge in [-0.2, -0.15) is 0 Å². The molecule has 0 bridgehead atoms. The fourth-order valence-corrected chi connectivity index (χ4v) is 4.39. The van der Waals surface area contributed by atoms with Crippen molar-refractivity contribution in [3.63, 3.8) is 0 Å². The van der Waals surface area contributed by atoms with Crippen LogP contribution in [0.25, 0.3) is 0 Å². The molecule has 3 aliphatic rings. The Morgan fingerprint density at radius 2 is 2.03 bits per heavy atom. The van der Waals surface area contributed by atoms with Crippen LogP contribution in [0.5, 0.6) is 11.5 Å². The zero-order valence-corrected chi connectivity index (χ0v) is 17.5. The van der Waals surface area contributed by atoms with Crippen LogP contribution in [0.15, 0.2) is 29.5 Å². The number of ether oxygens (including phenoxy) is 3. The van der Waals surface area contributed by atoms with E-state index in [-0.39, 0.29) is 18.0 Å². The first-order chi connectivity index (χ1) is 14.6. The average Bonchev–Trinajstić information content (AvgIpc) is 3.03. The van der Waals surface area contributed by atoms with Crippen LogP contribution < -0.4 is 20.1 Å². The first-order valence-electron chi connectivity index (χ1n) is 10.7. The number of carbonyl (C=O) groups excluding carboxylic acids is 2. The highest BCUT2D eigenvalue weighted by Crippen LogP contribution is 2.38. The molecular weight excluding hydrogens is 386 g/mol. The highest BCUT2D eigenvalue weighted by molar-refractivity contribution is 5.94. The van der Waals surface area contributed by atoms with Crippen molar-refractivity contribution in [1.29, 1.82) is 0 Å². The van der Waals surface area contributed by atoms with Gasteiger partial charge in [-0.25, -0.2) is 9.59 Å². The number of rotatable bonds is 5. The van der Waals surface area contributed by atoms with E-state index in [9.17, 15) is 9.59 Å². The van der Waals surface area contributed by atoms with Crippen molar-refractivity contribution in [3.8, 4) is 11.5 Å². The molecule has 0 radical (unpaired) electrons. The normalized spacial score (nSPS) is 24.1. The van der Waals surface area contributed by atoms with E-state index in [1.54, 1.807) is 13.8 Å². The lowest BCUT2D eigenvalue weighted by molar-refractivity contribution is -0.139. The van der Waals surface area contributed by atoms with E-state index in [1.807, 2.05) is 6.07 Å². The number of hydrogen-bond acceptors (Lipinski definition) is 6. The van der Waals surface area contributed by atoms with Gasteiger partial charge >= 0.3 is 12.0 Å². The summed E-state index contributed by atoms with van der Waals surface area (Å²) in [6.07, 6.45) is 2.92.